The molecule has 0 aliphatic heterocycles. The first-order valence-corrected chi connectivity index (χ1v) is 7.28. The van der Waals surface area contributed by atoms with Crippen molar-refractivity contribution < 1.29 is 0 Å². The van der Waals surface area contributed by atoms with E-state index in [2.05, 4.69) is 53.8 Å². The molecule has 1 unspecified atom stereocenters. The topological polar surface area (TPSA) is 26.0 Å². The summed E-state index contributed by atoms with van der Waals surface area (Å²) in [5.74, 6) is 0. The van der Waals surface area contributed by atoms with Crippen molar-refractivity contribution in [2.24, 2.45) is 5.73 Å². The molecule has 0 spiro atoms. The van der Waals surface area contributed by atoms with E-state index >= 15 is 0 Å². The van der Waals surface area contributed by atoms with Crippen LogP contribution in [0.1, 0.15) is 22.7 Å². The molecule has 2 aromatic rings. The van der Waals surface area contributed by atoms with Crippen LogP contribution in [-0.2, 0) is 6.42 Å². The van der Waals surface area contributed by atoms with Gasteiger partial charge in [-0.15, -0.1) is 0 Å². The average Bonchev–Trinajstić information content (AvgIpc) is 2.32. The minimum Gasteiger partial charge on any atom is -0.324 e. The molecule has 3 heteroatoms. The third-order valence-electron chi connectivity index (χ3n) is 2.91. The standard InChI is InChI=1S/C15H15ClIN/c1-10-3-2-4-11(7-10)8-15(18)12-5-6-14(17)13(16)9-12/h2-7,9,15H,8,18H2,1H3. The summed E-state index contributed by atoms with van der Waals surface area (Å²) in [6.07, 6.45) is 0.832. The lowest BCUT2D eigenvalue weighted by Crippen LogP contribution is -2.13. The molecule has 0 aliphatic rings. The second-order valence-electron chi connectivity index (χ2n) is 4.47. The summed E-state index contributed by atoms with van der Waals surface area (Å²) in [6.45, 7) is 2.09. The minimum atomic E-state index is -0.0127. The van der Waals surface area contributed by atoms with Crippen LogP contribution in [0.5, 0.6) is 0 Å². The highest BCUT2D eigenvalue weighted by Gasteiger charge is 2.09. The Bertz CT molecular complexity index is 554. The molecule has 0 saturated heterocycles. The van der Waals surface area contributed by atoms with E-state index in [-0.39, 0.29) is 6.04 Å². The van der Waals surface area contributed by atoms with Crippen molar-refractivity contribution in [3.05, 3.63) is 67.7 Å². The molecule has 0 heterocycles. The normalized spacial score (nSPS) is 12.4. The lowest BCUT2D eigenvalue weighted by atomic mass is 9.99. The summed E-state index contributed by atoms with van der Waals surface area (Å²) in [7, 11) is 0. The molecule has 0 amide bonds. The molecular weight excluding hydrogens is 357 g/mol. The summed E-state index contributed by atoms with van der Waals surface area (Å²) in [5.41, 5.74) is 9.85. The van der Waals surface area contributed by atoms with Gasteiger partial charge in [-0.3, -0.25) is 0 Å². The van der Waals surface area contributed by atoms with Crippen molar-refractivity contribution in [1.29, 1.82) is 0 Å². The third-order valence-corrected chi connectivity index (χ3v) is 4.48. The van der Waals surface area contributed by atoms with E-state index in [9.17, 15) is 0 Å². The van der Waals surface area contributed by atoms with Crippen LogP contribution in [0, 0.1) is 10.5 Å². The number of halogens is 2. The van der Waals surface area contributed by atoms with Gasteiger partial charge >= 0.3 is 0 Å². The Kier molecular flexibility index (Phi) is 4.65. The molecule has 2 N–H and O–H groups in total. The fraction of sp³-hybridized carbons (Fsp3) is 0.200. The zero-order valence-corrected chi connectivity index (χ0v) is 13.1. The van der Waals surface area contributed by atoms with Crippen LogP contribution in [0.3, 0.4) is 0 Å². The van der Waals surface area contributed by atoms with Gasteiger partial charge in [0.1, 0.15) is 0 Å². The highest BCUT2D eigenvalue weighted by molar-refractivity contribution is 14.1. The summed E-state index contributed by atoms with van der Waals surface area (Å²) in [4.78, 5) is 0. The molecule has 2 rings (SSSR count). The first kappa shape index (κ1) is 13.8. The van der Waals surface area contributed by atoms with E-state index in [1.165, 1.54) is 11.1 Å². The third kappa shape index (κ3) is 3.46. The molecule has 1 atom stereocenters. The van der Waals surface area contributed by atoms with Crippen LogP contribution < -0.4 is 5.73 Å². The van der Waals surface area contributed by atoms with Gasteiger partial charge in [-0.25, -0.2) is 0 Å². The van der Waals surface area contributed by atoms with Gasteiger partial charge in [-0.05, 0) is 59.2 Å². The number of hydrogen-bond acceptors (Lipinski definition) is 1. The first-order chi connectivity index (χ1) is 8.56. The first-order valence-electron chi connectivity index (χ1n) is 5.82. The van der Waals surface area contributed by atoms with E-state index in [4.69, 9.17) is 17.3 Å². The smallest absolute Gasteiger partial charge is 0.0542 e. The molecule has 0 aromatic heterocycles. The monoisotopic (exact) mass is 371 g/mol. The van der Waals surface area contributed by atoms with Gasteiger partial charge < -0.3 is 5.73 Å². The van der Waals surface area contributed by atoms with E-state index in [1.807, 2.05) is 18.2 Å². The van der Waals surface area contributed by atoms with E-state index in [0.29, 0.717) is 0 Å². The van der Waals surface area contributed by atoms with Crippen LogP contribution >= 0.6 is 34.2 Å². The summed E-state index contributed by atoms with van der Waals surface area (Å²) in [5, 5.41) is 0.771. The predicted octanol–water partition coefficient (Wildman–Crippen LogP) is 4.50. The second kappa shape index (κ2) is 6.04. The van der Waals surface area contributed by atoms with E-state index < -0.39 is 0 Å². The largest absolute Gasteiger partial charge is 0.324 e. The van der Waals surface area contributed by atoms with Crippen molar-refractivity contribution in [1.82, 2.24) is 0 Å². The fourth-order valence-corrected chi connectivity index (χ4v) is 2.48. The Morgan fingerprint density at radius 3 is 2.67 bits per heavy atom. The number of rotatable bonds is 3. The van der Waals surface area contributed by atoms with Gasteiger partial charge in [0.25, 0.3) is 0 Å². The van der Waals surface area contributed by atoms with Crippen LogP contribution in [0.4, 0.5) is 0 Å². The summed E-state index contributed by atoms with van der Waals surface area (Å²) in [6, 6.07) is 14.5. The molecule has 0 fully saturated rings. The van der Waals surface area contributed by atoms with Crippen molar-refractivity contribution in [3.8, 4) is 0 Å². The molecule has 0 bridgehead atoms. The van der Waals surface area contributed by atoms with Crippen molar-refractivity contribution in [2.45, 2.75) is 19.4 Å². The quantitative estimate of drug-likeness (QED) is 0.790. The Morgan fingerprint density at radius 1 is 1.22 bits per heavy atom. The Morgan fingerprint density at radius 2 is 2.00 bits per heavy atom. The predicted molar refractivity (Wildman–Crippen MR) is 86.0 cm³/mol. The maximum Gasteiger partial charge on any atom is 0.0542 e. The Labute approximate surface area is 126 Å². The van der Waals surface area contributed by atoms with Gasteiger partial charge in [0, 0.05) is 9.61 Å². The maximum atomic E-state index is 6.23. The zero-order valence-electron chi connectivity index (χ0n) is 10.2. The second-order valence-corrected chi connectivity index (χ2v) is 6.04. The molecule has 94 valence electrons. The number of aryl methyl sites for hydroxylation is 1. The summed E-state index contributed by atoms with van der Waals surface area (Å²) < 4.78 is 1.06. The van der Waals surface area contributed by atoms with Crippen molar-refractivity contribution in [3.63, 3.8) is 0 Å². The molecule has 0 radical (unpaired) electrons. The molecule has 2 aromatic carbocycles. The molecular formula is C15H15ClIN. The average molecular weight is 372 g/mol. The van der Waals surface area contributed by atoms with Crippen molar-refractivity contribution in [2.75, 3.05) is 0 Å². The molecule has 0 aliphatic carbocycles. The summed E-state index contributed by atoms with van der Waals surface area (Å²) >= 11 is 8.34. The van der Waals surface area contributed by atoms with E-state index in [1.54, 1.807) is 0 Å². The Balaban J connectivity index is 2.16. The highest BCUT2D eigenvalue weighted by atomic mass is 127. The van der Waals surface area contributed by atoms with Crippen molar-refractivity contribution >= 4 is 34.2 Å². The van der Waals surface area contributed by atoms with Gasteiger partial charge in [0.2, 0.25) is 0 Å². The highest BCUT2D eigenvalue weighted by Crippen LogP contribution is 2.24. The molecule has 18 heavy (non-hydrogen) atoms. The lowest BCUT2D eigenvalue weighted by molar-refractivity contribution is 0.721. The fourth-order valence-electron chi connectivity index (χ4n) is 1.95. The van der Waals surface area contributed by atoms with Gasteiger partial charge in [0.05, 0.1) is 5.02 Å². The van der Waals surface area contributed by atoms with Crippen LogP contribution in [-0.4, -0.2) is 0 Å². The van der Waals surface area contributed by atoms with Crippen LogP contribution in [0.25, 0.3) is 0 Å². The molecule has 1 nitrogen and oxygen atoms in total. The van der Waals surface area contributed by atoms with Crippen LogP contribution in [0.15, 0.2) is 42.5 Å². The minimum absolute atomic E-state index is 0.0127. The number of hydrogen-bond donors (Lipinski definition) is 1. The SMILES string of the molecule is Cc1cccc(CC(N)c2ccc(I)c(Cl)c2)c1. The maximum absolute atomic E-state index is 6.23. The lowest BCUT2D eigenvalue weighted by Gasteiger charge is -2.13. The molecule has 0 saturated carbocycles. The number of nitrogens with two attached hydrogens (primary N) is 1. The van der Waals surface area contributed by atoms with Gasteiger partial charge in [-0.2, -0.15) is 0 Å². The van der Waals surface area contributed by atoms with Gasteiger partial charge in [-0.1, -0.05) is 47.5 Å². The van der Waals surface area contributed by atoms with Gasteiger partial charge in [0.15, 0.2) is 0 Å². The van der Waals surface area contributed by atoms with Crippen LogP contribution in [0.2, 0.25) is 5.02 Å². The van der Waals surface area contributed by atoms with E-state index in [0.717, 1.165) is 20.6 Å². The Hall–Kier alpha value is -0.580. The number of benzene rings is 2. The zero-order chi connectivity index (χ0) is 13.1.